The molecule has 0 bridgehead atoms. The maximum atomic E-state index is 13.0. The largest absolute Gasteiger partial charge is 0.413 e. The SMILES string of the molecule is C[C@@H](COCc1ccccc1)[C@H](O[Si](C)(C)C(C)(C)C)[C@@H](C)C(=O)C(C)(C)C=O. The zero-order valence-corrected chi connectivity index (χ0v) is 20.7. The fraction of sp³-hybridized carbons (Fsp3) is 0.667. The van der Waals surface area contributed by atoms with Gasteiger partial charge in [-0.15, -0.1) is 0 Å². The third kappa shape index (κ3) is 7.16. The van der Waals surface area contributed by atoms with Crippen molar-refractivity contribution in [2.75, 3.05) is 6.61 Å². The summed E-state index contributed by atoms with van der Waals surface area (Å²) in [5, 5.41) is 0.0266. The van der Waals surface area contributed by atoms with Crippen LogP contribution in [0, 0.1) is 17.3 Å². The third-order valence-corrected chi connectivity index (χ3v) is 10.6. The molecule has 0 saturated heterocycles. The molecule has 0 amide bonds. The fourth-order valence-electron chi connectivity index (χ4n) is 3.05. The van der Waals surface area contributed by atoms with Crippen LogP contribution in [0.5, 0.6) is 0 Å². The Balaban J connectivity index is 2.99. The zero-order chi connectivity index (χ0) is 22.5. The molecule has 29 heavy (non-hydrogen) atoms. The number of ether oxygens (including phenoxy) is 1. The number of carbonyl (C=O) groups excluding carboxylic acids is 2. The van der Waals surface area contributed by atoms with Gasteiger partial charge in [-0.25, -0.2) is 0 Å². The smallest absolute Gasteiger partial charge is 0.192 e. The average Bonchev–Trinajstić information content (AvgIpc) is 2.64. The summed E-state index contributed by atoms with van der Waals surface area (Å²) in [5.41, 5.74) is 0.104. The second-order valence-electron chi connectivity index (χ2n) is 10.3. The van der Waals surface area contributed by atoms with Gasteiger partial charge in [-0.1, -0.05) is 65.0 Å². The molecule has 0 spiro atoms. The van der Waals surface area contributed by atoms with E-state index in [9.17, 15) is 9.59 Å². The Kier molecular flexibility index (Phi) is 9.00. The Hall–Kier alpha value is -1.30. The van der Waals surface area contributed by atoms with Crippen molar-refractivity contribution in [3.05, 3.63) is 35.9 Å². The van der Waals surface area contributed by atoms with Crippen molar-refractivity contribution in [2.45, 2.75) is 79.3 Å². The number of hydrogen-bond acceptors (Lipinski definition) is 4. The van der Waals surface area contributed by atoms with E-state index < -0.39 is 13.7 Å². The summed E-state index contributed by atoms with van der Waals surface area (Å²) in [4.78, 5) is 24.5. The van der Waals surface area contributed by atoms with E-state index in [1.165, 1.54) is 0 Å². The lowest BCUT2D eigenvalue weighted by Crippen LogP contribution is -2.50. The Morgan fingerprint density at radius 3 is 2.10 bits per heavy atom. The lowest BCUT2D eigenvalue weighted by Gasteiger charge is -2.43. The molecule has 0 unspecified atom stereocenters. The highest BCUT2D eigenvalue weighted by Gasteiger charge is 2.44. The van der Waals surface area contributed by atoms with E-state index >= 15 is 0 Å². The number of aldehydes is 1. The average molecular weight is 421 g/mol. The normalized spacial score (nSPS) is 16.2. The molecular formula is C24H40O4Si. The minimum absolute atomic E-state index is 0.0224. The van der Waals surface area contributed by atoms with Crippen molar-refractivity contribution in [1.29, 1.82) is 0 Å². The van der Waals surface area contributed by atoms with Crippen LogP contribution in [-0.2, 0) is 25.4 Å². The summed E-state index contributed by atoms with van der Waals surface area (Å²) in [7, 11) is -2.11. The number of hydrogen-bond donors (Lipinski definition) is 0. The minimum Gasteiger partial charge on any atom is -0.413 e. The molecule has 3 atom stereocenters. The molecular weight excluding hydrogens is 380 g/mol. The Morgan fingerprint density at radius 1 is 1.07 bits per heavy atom. The molecule has 0 aliphatic heterocycles. The minimum atomic E-state index is -2.11. The zero-order valence-electron chi connectivity index (χ0n) is 19.7. The summed E-state index contributed by atoms with van der Waals surface area (Å²) in [5.74, 6) is -0.444. The van der Waals surface area contributed by atoms with E-state index in [-0.39, 0.29) is 28.8 Å². The highest BCUT2D eigenvalue weighted by molar-refractivity contribution is 6.74. The summed E-state index contributed by atoms with van der Waals surface area (Å²) in [6, 6.07) is 10.0. The lowest BCUT2D eigenvalue weighted by molar-refractivity contribution is -0.139. The number of ketones is 1. The van der Waals surface area contributed by atoms with Gasteiger partial charge in [0.1, 0.15) is 6.29 Å². The summed E-state index contributed by atoms with van der Waals surface area (Å²) in [6.45, 7) is 19.3. The molecule has 4 nitrogen and oxygen atoms in total. The Bertz CT molecular complexity index is 661. The van der Waals surface area contributed by atoms with E-state index in [0.29, 0.717) is 13.2 Å². The van der Waals surface area contributed by atoms with Crippen LogP contribution in [0.3, 0.4) is 0 Å². The van der Waals surface area contributed by atoms with Gasteiger partial charge in [-0.05, 0) is 37.5 Å². The first-order chi connectivity index (χ1) is 13.2. The second kappa shape index (κ2) is 10.1. The van der Waals surface area contributed by atoms with Crippen LogP contribution in [0.15, 0.2) is 30.3 Å². The van der Waals surface area contributed by atoms with Crippen molar-refractivity contribution in [1.82, 2.24) is 0 Å². The van der Waals surface area contributed by atoms with Crippen LogP contribution in [0.1, 0.15) is 54.0 Å². The molecule has 0 aliphatic carbocycles. The van der Waals surface area contributed by atoms with Gasteiger partial charge in [0, 0.05) is 11.8 Å². The first-order valence-corrected chi connectivity index (χ1v) is 13.4. The predicted octanol–water partition coefficient (Wildman–Crippen LogP) is 5.66. The summed E-state index contributed by atoms with van der Waals surface area (Å²) < 4.78 is 12.7. The van der Waals surface area contributed by atoms with Gasteiger partial charge in [0.25, 0.3) is 0 Å². The maximum Gasteiger partial charge on any atom is 0.192 e. The molecule has 0 N–H and O–H groups in total. The van der Waals surface area contributed by atoms with E-state index in [4.69, 9.17) is 9.16 Å². The van der Waals surface area contributed by atoms with Crippen molar-refractivity contribution >= 4 is 20.4 Å². The molecule has 1 aromatic carbocycles. The monoisotopic (exact) mass is 420 g/mol. The Morgan fingerprint density at radius 2 is 1.62 bits per heavy atom. The van der Waals surface area contributed by atoms with Gasteiger partial charge in [-0.3, -0.25) is 4.79 Å². The first kappa shape index (κ1) is 25.7. The number of rotatable bonds is 11. The van der Waals surface area contributed by atoms with Crippen LogP contribution < -0.4 is 0 Å². The molecule has 5 heteroatoms. The Labute approximate surface area is 178 Å². The molecule has 0 aromatic heterocycles. The van der Waals surface area contributed by atoms with Gasteiger partial charge in [-0.2, -0.15) is 0 Å². The summed E-state index contributed by atoms with van der Waals surface area (Å²) in [6.07, 6.45) is 0.449. The molecule has 1 aromatic rings. The first-order valence-electron chi connectivity index (χ1n) is 10.5. The van der Waals surface area contributed by atoms with Crippen molar-refractivity contribution < 1.29 is 18.8 Å². The van der Waals surface area contributed by atoms with Crippen LogP contribution in [0.25, 0.3) is 0 Å². The molecule has 0 aliphatic rings. The molecule has 164 valence electrons. The van der Waals surface area contributed by atoms with Gasteiger partial charge in [0.15, 0.2) is 14.1 Å². The van der Waals surface area contributed by atoms with Crippen LogP contribution in [0.2, 0.25) is 18.1 Å². The van der Waals surface area contributed by atoms with Gasteiger partial charge >= 0.3 is 0 Å². The predicted molar refractivity (Wildman–Crippen MR) is 121 cm³/mol. The lowest BCUT2D eigenvalue weighted by atomic mass is 9.78. The quantitative estimate of drug-likeness (QED) is 0.263. The third-order valence-electron chi connectivity index (χ3n) is 6.13. The second-order valence-corrected chi connectivity index (χ2v) is 15.1. The van der Waals surface area contributed by atoms with Crippen LogP contribution >= 0.6 is 0 Å². The van der Waals surface area contributed by atoms with E-state index in [0.717, 1.165) is 11.8 Å². The van der Waals surface area contributed by atoms with Gasteiger partial charge in [0.2, 0.25) is 0 Å². The number of Topliss-reactive ketones (excluding diaryl/α,β-unsaturated/α-hetero) is 1. The highest BCUT2D eigenvalue weighted by Crippen LogP contribution is 2.40. The highest BCUT2D eigenvalue weighted by atomic mass is 28.4. The van der Waals surface area contributed by atoms with Crippen LogP contribution in [-0.4, -0.2) is 33.1 Å². The van der Waals surface area contributed by atoms with Crippen molar-refractivity contribution in [2.24, 2.45) is 17.3 Å². The topological polar surface area (TPSA) is 52.6 Å². The molecule has 0 saturated carbocycles. The molecule has 1 rings (SSSR count). The standard InChI is InChI=1S/C24H40O4Si/c1-18(15-27-16-20-13-11-10-12-14-20)21(28-29(8,9)23(3,4)5)19(2)22(26)24(6,7)17-25/h10-14,17-19,21H,15-16H2,1-9H3/t18-,19+,21-/m0/s1. The molecule has 0 radical (unpaired) electrons. The van der Waals surface area contributed by atoms with Gasteiger partial charge in [0.05, 0.1) is 24.7 Å². The maximum absolute atomic E-state index is 13.0. The fourth-order valence-corrected chi connectivity index (χ4v) is 4.52. The van der Waals surface area contributed by atoms with Crippen molar-refractivity contribution in [3.63, 3.8) is 0 Å². The van der Waals surface area contributed by atoms with Gasteiger partial charge < -0.3 is 14.0 Å². The van der Waals surface area contributed by atoms with E-state index in [2.05, 4.69) is 40.8 Å². The molecule has 0 heterocycles. The van der Waals surface area contributed by atoms with Crippen LogP contribution in [0.4, 0.5) is 0 Å². The van der Waals surface area contributed by atoms with Crippen molar-refractivity contribution in [3.8, 4) is 0 Å². The summed E-state index contributed by atoms with van der Waals surface area (Å²) >= 11 is 0. The van der Waals surface area contributed by atoms with E-state index in [1.54, 1.807) is 13.8 Å². The number of carbonyl (C=O) groups is 2. The molecule has 0 fully saturated rings. The van der Waals surface area contributed by atoms with E-state index in [1.807, 2.05) is 37.3 Å². The number of benzene rings is 1.